The van der Waals surface area contributed by atoms with Crippen LogP contribution in [0, 0.1) is 19.8 Å². The van der Waals surface area contributed by atoms with Crippen LogP contribution in [0.15, 0.2) is 18.2 Å². The first kappa shape index (κ1) is 15.1. The average molecular weight is 286 g/mol. The molecule has 2 saturated heterocycles. The van der Waals surface area contributed by atoms with Crippen molar-refractivity contribution in [2.75, 3.05) is 13.6 Å². The molecule has 116 valence electrons. The van der Waals surface area contributed by atoms with Gasteiger partial charge >= 0.3 is 0 Å². The van der Waals surface area contributed by atoms with Crippen molar-refractivity contribution in [1.29, 1.82) is 0 Å². The predicted molar refractivity (Wildman–Crippen MR) is 89.6 cm³/mol. The van der Waals surface area contributed by atoms with Gasteiger partial charge in [0.25, 0.3) is 0 Å². The predicted octanol–water partition coefficient (Wildman–Crippen LogP) is 3.83. The summed E-state index contributed by atoms with van der Waals surface area (Å²) >= 11 is 0. The van der Waals surface area contributed by atoms with Crippen LogP contribution in [-0.2, 0) is 0 Å². The van der Waals surface area contributed by atoms with Gasteiger partial charge < -0.3 is 10.2 Å². The smallest absolute Gasteiger partial charge is 0.0352 e. The molecule has 3 unspecified atom stereocenters. The fourth-order valence-electron chi connectivity index (χ4n) is 4.57. The van der Waals surface area contributed by atoms with E-state index in [2.05, 4.69) is 56.2 Å². The highest BCUT2D eigenvalue weighted by Gasteiger charge is 2.41. The Morgan fingerprint density at radius 3 is 2.48 bits per heavy atom. The quantitative estimate of drug-likeness (QED) is 0.905. The van der Waals surface area contributed by atoms with E-state index in [0.29, 0.717) is 6.04 Å². The van der Waals surface area contributed by atoms with Crippen LogP contribution in [0.5, 0.6) is 0 Å². The lowest BCUT2D eigenvalue weighted by Gasteiger charge is -2.40. The lowest BCUT2D eigenvalue weighted by atomic mass is 9.80. The molecule has 2 aliphatic heterocycles. The number of hydrogen-bond acceptors (Lipinski definition) is 2. The lowest BCUT2D eigenvalue weighted by molar-refractivity contribution is 0.112. The highest BCUT2D eigenvalue weighted by molar-refractivity contribution is 5.33. The van der Waals surface area contributed by atoms with Crippen LogP contribution in [0.1, 0.15) is 55.3 Å². The molecule has 1 aromatic carbocycles. The van der Waals surface area contributed by atoms with Crippen molar-refractivity contribution in [3.05, 3.63) is 34.9 Å². The van der Waals surface area contributed by atoms with Crippen molar-refractivity contribution in [3.8, 4) is 0 Å². The van der Waals surface area contributed by atoms with E-state index in [1.807, 2.05) is 0 Å². The van der Waals surface area contributed by atoms with Crippen LogP contribution in [0.25, 0.3) is 0 Å². The Balaban J connectivity index is 1.86. The number of piperidine rings is 1. The zero-order valence-electron chi connectivity index (χ0n) is 14.0. The minimum Gasteiger partial charge on any atom is -0.310 e. The van der Waals surface area contributed by atoms with E-state index < -0.39 is 0 Å². The van der Waals surface area contributed by atoms with Gasteiger partial charge in [-0.2, -0.15) is 0 Å². The monoisotopic (exact) mass is 286 g/mol. The lowest BCUT2D eigenvalue weighted by Crippen LogP contribution is -2.44. The molecule has 0 radical (unpaired) electrons. The molecule has 0 amide bonds. The molecule has 2 heterocycles. The van der Waals surface area contributed by atoms with E-state index in [-0.39, 0.29) is 0 Å². The van der Waals surface area contributed by atoms with Gasteiger partial charge in [-0.15, -0.1) is 0 Å². The first-order valence-corrected chi connectivity index (χ1v) is 8.62. The third-order valence-corrected chi connectivity index (χ3v) is 5.80. The van der Waals surface area contributed by atoms with Crippen LogP contribution in [0.4, 0.5) is 0 Å². The Morgan fingerprint density at radius 1 is 1.19 bits per heavy atom. The second kappa shape index (κ2) is 6.10. The number of rotatable bonds is 4. The van der Waals surface area contributed by atoms with E-state index in [0.717, 1.165) is 24.5 Å². The van der Waals surface area contributed by atoms with Crippen molar-refractivity contribution in [3.63, 3.8) is 0 Å². The van der Waals surface area contributed by atoms with Gasteiger partial charge in [-0.25, -0.2) is 0 Å². The summed E-state index contributed by atoms with van der Waals surface area (Å²) in [5, 5.41) is 3.80. The molecule has 0 aliphatic carbocycles. The molecule has 2 fully saturated rings. The van der Waals surface area contributed by atoms with E-state index in [1.165, 1.54) is 42.4 Å². The fraction of sp³-hybridized carbons (Fsp3) is 0.684. The van der Waals surface area contributed by atoms with E-state index >= 15 is 0 Å². The highest BCUT2D eigenvalue weighted by atomic mass is 15.2. The molecule has 2 bridgehead atoms. The van der Waals surface area contributed by atoms with Crippen molar-refractivity contribution in [2.24, 2.45) is 5.92 Å². The zero-order chi connectivity index (χ0) is 15.0. The Bertz CT molecular complexity index is 482. The molecule has 3 atom stereocenters. The number of benzene rings is 1. The van der Waals surface area contributed by atoms with Crippen LogP contribution in [0.2, 0.25) is 0 Å². The van der Waals surface area contributed by atoms with Crippen molar-refractivity contribution >= 4 is 0 Å². The molecule has 1 N–H and O–H groups in total. The third-order valence-electron chi connectivity index (χ3n) is 5.80. The SMILES string of the molecule is CCNC(c1cc(C)ccc1C)C1CC2CCC(C1)N2C. The van der Waals surface area contributed by atoms with Gasteiger partial charge in [-0.3, -0.25) is 0 Å². The van der Waals surface area contributed by atoms with Crippen LogP contribution < -0.4 is 5.32 Å². The van der Waals surface area contributed by atoms with Crippen LogP contribution in [-0.4, -0.2) is 30.6 Å². The standard InChI is InChI=1S/C19H30N2/c1-5-20-19(18-10-13(2)6-7-14(18)3)15-11-16-8-9-17(12-15)21(16)4/h6-7,10,15-17,19-20H,5,8-9,11-12H2,1-4H3. The van der Waals surface area contributed by atoms with Crippen molar-refractivity contribution in [1.82, 2.24) is 10.2 Å². The summed E-state index contributed by atoms with van der Waals surface area (Å²) in [6.07, 6.45) is 5.53. The van der Waals surface area contributed by atoms with Gasteiger partial charge in [0.2, 0.25) is 0 Å². The molecule has 0 saturated carbocycles. The normalized spacial score (nSPS) is 30.6. The minimum absolute atomic E-state index is 0.534. The summed E-state index contributed by atoms with van der Waals surface area (Å²) in [7, 11) is 2.33. The molecule has 2 heteroatoms. The Kier molecular flexibility index (Phi) is 4.37. The largest absolute Gasteiger partial charge is 0.310 e. The average Bonchev–Trinajstić information content (AvgIpc) is 2.69. The number of nitrogens with one attached hydrogen (secondary N) is 1. The second-order valence-corrected chi connectivity index (χ2v) is 7.18. The summed E-state index contributed by atoms with van der Waals surface area (Å²) in [6, 6.07) is 9.11. The molecule has 0 aromatic heterocycles. The summed E-state index contributed by atoms with van der Waals surface area (Å²) in [6.45, 7) is 7.77. The zero-order valence-corrected chi connectivity index (χ0v) is 14.0. The summed E-state index contributed by atoms with van der Waals surface area (Å²) in [5.74, 6) is 0.791. The molecule has 3 rings (SSSR count). The Labute approximate surface area is 129 Å². The van der Waals surface area contributed by atoms with E-state index in [1.54, 1.807) is 0 Å². The van der Waals surface area contributed by atoms with Gasteiger partial charge in [0.1, 0.15) is 0 Å². The highest BCUT2D eigenvalue weighted by Crippen LogP contribution is 2.43. The van der Waals surface area contributed by atoms with Crippen LogP contribution >= 0.6 is 0 Å². The first-order valence-electron chi connectivity index (χ1n) is 8.62. The van der Waals surface area contributed by atoms with Gasteiger partial charge in [0, 0.05) is 18.1 Å². The van der Waals surface area contributed by atoms with E-state index in [4.69, 9.17) is 0 Å². The topological polar surface area (TPSA) is 15.3 Å². The Morgan fingerprint density at radius 2 is 1.86 bits per heavy atom. The number of hydrogen-bond donors (Lipinski definition) is 1. The number of aryl methyl sites for hydroxylation is 2. The maximum Gasteiger partial charge on any atom is 0.0352 e. The van der Waals surface area contributed by atoms with Gasteiger partial charge in [0.05, 0.1) is 0 Å². The Hall–Kier alpha value is -0.860. The number of fused-ring (bicyclic) bond motifs is 2. The van der Waals surface area contributed by atoms with E-state index in [9.17, 15) is 0 Å². The molecule has 2 aliphatic rings. The molecular formula is C19H30N2. The van der Waals surface area contributed by atoms with Gasteiger partial charge in [-0.1, -0.05) is 30.7 Å². The molecule has 0 spiro atoms. The molecular weight excluding hydrogens is 256 g/mol. The van der Waals surface area contributed by atoms with Crippen molar-refractivity contribution in [2.45, 2.75) is 64.6 Å². The molecule has 2 nitrogen and oxygen atoms in total. The summed E-state index contributed by atoms with van der Waals surface area (Å²) in [5.41, 5.74) is 4.36. The number of nitrogens with zero attached hydrogens (tertiary/aromatic N) is 1. The summed E-state index contributed by atoms with van der Waals surface area (Å²) in [4.78, 5) is 2.64. The first-order chi connectivity index (χ1) is 10.1. The third kappa shape index (κ3) is 2.89. The molecule has 1 aromatic rings. The molecule has 21 heavy (non-hydrogen) atoms. The van der Waals surface area contributed by atoms with Crippen molar-refractivity contribution < 1.29 is 0 Å². The second-order valence-electron chi connectivity index (χ2n) is 7.18. The van der Waals surface area contributed by atoms with Gasteiger partial charge in [0.15, 0.2) is 0 Å². The van der Waals surface area contributed by atoms with Gasteiger partial charge in [-0.05, 0) is 70.2 Å². The van der Waals surface area contributed by atoms with Crippen LogP contribution in [0.3, 0.4) is 0 Å². The fourth-order valence-corrected chi connectivity index (χ4v) is 4.57. The maximum atomic E-state index is 3.80. The maximum absolute atomic E-state index is 3.80. The minimum atomic E-state index is 0.534. The summed E-state index contributed by atoms with van der Waals surface area (Å²) < 4.78 is 0.